The van der Waals surface area contributed by atoms with Gasteiger partial charge in [-0.05, 0) is 51.0 Å². The normalized spacial score (nSPS) is 12.9. The highest BCUT2D eigenvalue weighted by Crippen LogP contribution is 2.26. The Hall–Kier alpha value is -1.90. The van der Waals surface area contributed by atoms with Crippen LogP contribution in [0.15, 0.2) is 40.4 Å². The number of nitrogens with zero attached hydrogens (tertiary/aromatic N) is 2. The van der Waals surface area contributed by atoms with Crippen molar-refractivity contribution in [2.24, 2.45) is 0 Å². The third kappa shape index (κ3) is 5.09. The summed E-state index contributed by atoms with van der Waals surface area (Å²) < 4.78 is 25.3. The molecule has 1 N–H and O–H groups in total. The lowest BCUT2D eigenvalue weighted by Gasteiger charge is -2.16. The van der Waals surface area contributed by atoms with Gasteiger partial charge < -0.3 is 5.32 Å². The van der Waals surface area contributed by atoms with Gasteiger partial charge in [-0.2, -0.15) is 0 Å². The van der Waals surface area contributed by atoms with Crippen molar-refractivity contribution < 1.29 is 13.2 Å². The molecule has 0 saturated carbocycles. The highest BCUT2D eigenvalue weighted by atomic mass is 32.2. The van der Waals surface area contributed by atoms with Crippen LogP contribution in [0.1, 0.15) is 23.6 Å². The molecule has 0 saturated heterocycles. The molecule has 0 aliphatic rings. The molecule has 146 valence electrons. The van der Waals surface area contributed by atoms with Crippen molar-refractivity contribution in [3.8, 4) is 0 Å². The van der Waals surface area contributed by atoms with E-state index in [9.17, 15) is 13.2 Å². The van der Waals surface area contributed by atoms with Gasteiger partial charge in [0, 0.05) is 26.0 Å². The van der Waals surface area contributed by atoms with Gasteiger partial charge in [0.2, 0.25) is 15.9 Å². The van der Waals surface area contributed by atoms with E-state index in [1.807, 2.05) is 32.9 Å². The van der Waals surface area contributed by atoms with E-state index in [0.717, 1.165) is 26.7 Å². The lowest BCUT2D eigenvalue weighted by atomic mass is 10.1. The predicted molar refractivity (Wildman–Crippen MR) is 110 cm³/mol. The minimum absolute atomic E-state index is 0.123. The van der Waals surface area contributed by atoms with Gasteiger partial charge in [0.25, 0.3) is 0 Å². The Bertz CT molecular complexity index is 916. The van der Waals surface area contributed by atoms with E-state index >= 15 is 0 Å². The van der Waals surface area contributed by atoms with Crippen molar-refractivity contribution in [3.05, 3.63) is 47.2 Å². The molecule has 8 heteroatoms. The van der Waals surface area contributed by atoms with Crippen LogP contribution in [0.2, 0.25) is 0 Å². The van der Waals surface area contributed by atoms with E-state index in [2.05, 4.69) is 10.3 Å². The van der Waals surface area contributed by atoms with Gasteiger partial charge in [-0.3, -0.25) is 4.79 Å². The fourth-order valence-corrected chi connectivity index (χ4v) is 4.27. The van der Waals surface area contributed by atoms with Crippen molar-refractivity contribution in [2.45, 2.75) is 42.9 Å². The maximum Gasteiger partial charge on any atom is 0.244 e. The summed E-state index contributed by atoms with van der Waals surface area (Å²) in [6.45, 7) is 7.76. The molecule has 1 atom stereocenters. The fourth-order valence-electron chi connectivity index (χ4n) is 2.64. The maximum absolute atomic E-state index is 12.6. The first-order valence-corrected chi connectivity index (χ1v) is 10.8. The molecule has 0 radical (unpaired) electrons. The molecule has 0 aliphatic carbocycles. The molecular formula is C19H25N3O3S2. The summed E-state index contributed by atoms with van der Waals surface area (Å²) in [5, 5.41) is 3.20. The predicted octanol–water partition coefficient (Wildman–Crippen LogP) is 3.38. The minimum atomic E-state index is -3.51. The van der Waals surface area contributed by atoms with E-state index in [1.165, 1.54) is 38.1 Å². The molecule has 2 aromatic rings. The molecule has 0 bridgehead atoms. The largest absolute Gasteiger partial charge is 0.325 e. The van der Waals surface area contributed by atoms with Gasteiger partial charge in [-0.15, -0.1) is 0 Å². The second kappa shape index (κ2) is 8.41. The number of pyridine rings is 1. The van der Waals surface area contributed by atoms with E-state index < -0.39 is 10.0 Å². The number of sulfonamides is 1. The summed E-state index contributed by atoms with van der Waals surface area (Å²) >= 11 is 1.28. The third-order valence-electron chi connectivity index (χ3n) is 4.08. The number of amides is 1. The van der Waals surface area contributed by atoms with Crippen LogP contribution in [0.4, 0.5) is 5.69 Å². The molecule has 1 amide bonds. The molecule has 0 fully saturated rings. The summed E-state index contributed by atoms with van der Waals surface area (Å²) in [4.78, 5) is 16.9. The lowest BCUT2D eigenvalue weighted by molar-refractivity contribution is -0.115. The van der Waals surface area contributed by atoms with Crippen molar-refractivity contribution in [3.63, 3.8) is 0 Å². The minimum Gasteiger partial charge on any atom is -0.325 e. The van der Waals surface area contributed by atoms with Crippen molar-refractivity contribution in [2.75, 3.05) is 19.4 Å². The first kappa shape index (κ1) is 21.4. The Labute approximate surface area is 165 Å². The van der Waals surface area contributed by atoms with E-state index in [0.29, 0.717) is 5.03 Å². The molecule has 27 heavy (non-hydrogen) atoms. The zero-order valence-corrected chi connectivity index (χ0v) is 18.0. The summed E-state index contributed by atoms with van der Waals surface area (Å²) in [5.41, 5.74) is 4.03. The topological polar surface area (TPSA) is 79.4 Å². The number of benzene rings is 1. The Morgan fingerprint density at radius 3 is 2.22 bits per heavy atom. The van der Waals surface area contributed by atoms with Crippen LogP contribution in [-0.2, 0) is 14.8 Å². The Kier molecular flexibility index (Phi) is 6.67. The quantitative estimate of drug-likeness (QED) is 0.743. The average Bonchev–Trinajstić information content (AvgIpc) is 2.58. The number of aromatic nitrogens is 1. The van der Waals surface area contributed by atoms with Crippen molar-refractivity contribution in [1.82, 2.24) is 9.29 Å². The van der Waals surface area contributed by atoms with Crippen LogP contribution in [-0.4, -0.2) is 43.0 Å². The second-order valence-electron chi connectivity index (χ2n) is 6.64. The van der Waals surface area contributed by atoms with Gasteiger partial charge in [0.05, 0.1) is 10.3 Å². The Morgan fingerprint density at radius 1 is 1.15 bits per heavy atom. The maximum atomic E-state index is 12.6. The number of nitrogens with one attached hydrogen (secondary N) is 1. The first-order chi connectivity index (χ1) is 12.5. The summed E-state index contributed by atoms with van der Waals surface area (Å²) in [7, 11) is -0.567. The van der Waals surface area contributed by atoms with Crippen LogP contribution in [0, 0.1) is 20.8 Å². The number of anilines is 1. The van der Waals surface area contributed by atoms with Crippen molar-refractivity contribution in [1.29, 1.82) is 0 Å². The van der Waals surface area contributed by atoms with E-state index in [4.69, 9.17) is 0 Å². The number of hydrogen-bond acceptors (Lipinski definition) is 5. The molecule has 0 aliphatic heterocycles. The standard InChI is InChI=1S/C19H25N3O3S2/c1-12-9-13(2)18(14(3)10-12)21-19(23)15(4)26-17-8-7-16(11-20-17)27(24,25)22(5)6/h7-11,15H,1-6H3,(H,21,23)/t15-/m0/s1. The molecule has 6 nitrogen and oxygen atoms in total. The number of rotatable bonds is 6. The average molecular weight is 408 g/mol. The summed E-state index contributed by atoms with van der Waals surface area (Å²) in [6.07, 6.45) is 1.32. The Morgan fingerprint density at radius 2 is 1.74 bits per heavy atom. The van der Waals surface area contributed by atoms with Gasteiger partial charge in [0.15, 0.2) is 0 Å². The molecule has 1 aromatic carbocycles. The van der Waals surface area contributed by atoms with Crippen LogP contribution < -0.4 is 5.32 Å². The summed E-state index contributed by atoms with van der Waals surface area (Å²) in [6, 6.07) is 7.19. The van der Waals surface area contributed by atoms with E-state index in [-0.39, 0.29) is 16.1 Å². The number of aryl methyl sites for hydroxylation is 3. The second-order valence-corrected chi connectivity index (χ2v) is 10.2. The third-order valence-corrected chi connectivity index (χ3v) is 6.93. The van der Waals surface area contributed by atoms with Crippen LogP contribution in [0.3, 0.4) is 0 Å². The van der Waals surface area contributed by atoms with Gasteiger partial charge in [-0.1, -0.05) is 29.5 Å². The molecular weight excluding hydrogens is 382 g/mol. The number of thioether (sulfide) groups is 1. The molecule has 2 rings (SSSR count). The monoisotopic (exact) mass is 407 g/mol. The fraction of sp³-hybridized carbons (Fsp3) is 0.368. The van der Waals surface area contributed by atoms with Crippen LogP contribution in [0.5, 0.6) is 0 Å². The van der Waals surface area contributed by atoms with Crippen LogP contribution >= 0.6 is 11.8 Å². The van der Waals surface area contributed by atoms with Crippen molar-refractivity contribution >= 4 is 33.4 Å². The molecule has 0 spiro atoms. The Balaban J connectivity index is 2.09. The highest BCUT2D eigenvalue weighted by molar-refractivity contribution is 8.00. The smallest absolute Gasteiger partial charge is 0.244 e. The van der Waals surface area contributed by atoms with Gasteiger partial charge in [0.1, 0.15) is 4.90 Å². The first-order valence-electron chi connectivity index (χ1n) is 8.46. The molecule has 1 heterocycles. The molecule has 1 aromatic heterocycles. The zero-order chi connectivity index (χ0) is 20.4. The lowest BCUT2D eigenvalue weighted by Crippen LogP contribution is -2.24. The number of hydrogen-bond donors (Lipinski definition) is 1. The van der Waals surface area contributed by atoms with Gasteiger partial charge in [-0.25, -0.2) is 17.7 Å². The van der Waals surface area contributed by atoms with E-state index in [1.54, 1.807) is 13.0 Å². The van der Waals surface area contributed by atoms with Gasteiger partial charge >= 0.3 is 0 Å². The van der Waals surface area contributed by atoms with Crippen LogP contribution in [0.25, 0.3) is 0 Å². The SMILES string of the molecule is Cc1cc(C)c(NC(=O)[C@H](C)Sc2ccc(S(=O)(=O)N(C)C)cn2)c(C)c1. The summed E-state index contributed by atoms with van der Waals surface area (Å²) in [5.74, 6) is -0.123. The zero-order valence-electron chi connectivity index (χ0n) is 16.4. The molecule has 0 unspecified atom stereocenters. The number of carbonyl (C=O) groups is 1. The highest BCUT2D eigenvalue weighted by Gasteiger charge is 2.20. The number of carbonyl (C=O) groups excluding carboxylic acids is 1.